The molecule has 0 radical (unpaired) electrons. The van der Waals surface area contributed by atoms with Gasteiger partial charge in [-0.05, 0) is 23.6 Å². The molecule has 1 aliphatic rings. The maximum Gasteiger partial charge on any atom is 0.242 e. The van der Waals surface area contributed by atoms with Gasteiger partial charge in [-0.25, -0.2) is 0 Å². The van der Waals surface area contributed by atoms with Crippen molar-refractivity contribution >= 4 is 46.4 Å². The second kappa shape index (κ2) is 5.78. The van der Waals surface area contributed by atoms with Gasteiger partial charge in [0.1, 0.15) is 0 Å². The first-order chi connectivity index (χ1) is 9.69. The van der Waals surface area contributed by atoms with E-state index in [1.165, 1.54) is 12.1 Å². The lowest BCUT2D eigenvalue weighted by Crippen LogP contribution is -2.44. The van der Waals surface area contributed by atoms with Gasteiger partial charge in [0, 0.05) is 18.5 Å². The van der Waals surface area contributed by atoms with Crippen molar-refractivity contribution in [2.45, 2.75) is 26.7 Å². The Kier molecular flexibility index (Phi) is 4.40. The quantitative estimate of drug-likeness (QED) is 0.845. The molecule has 2 rings (SSSR count). The predicted molar refractivity (Wildman–Crippen MR) is 81.6 cm³/mol. The fourth-order valence-corrected chi connectivity index (χ4v) is 2.77. The van der Waals surface area contributed by atoms with E-state index in [9.17, 15) is 14.4 Å². The first-order valence-electron chi connectivity index (χ1n) is 6.51. The zero-order valence-corrected chi connectivity index (χ0v) is 13.2. The van der Waals surface area contributed by atoms with Gasteiger partial charge in [0.2, 0.25) is 5.91 Å². The average Bonchev–Trinajstić information content (AvgIpc) is 2.31. The van der Waals surface area contributed by atoms with Crippen LogP contribution in [0.4, 0.5) is 5.69 Å². The Hall–Kier alpha value is -1.39. The first-order valence-corrected chi connectivity index (χ1v) is 7.26. The molecule has 0 unspecified atom stereocenters. The molecule has 0 atom stereocenters. The van der Waals surface area contributed by atoms with Gasteiger partial charge in [-0.1, -0.05) is 37.0 Å². The Balaban J connectivity index is 2.14. The standard InChI is InChI=1S/C15H15Cl2NO3/c1-15(2)6-11(19)13(12(20)7-15)14(21)18-8-3-4-9(16)10(17)5-8/h3-5,13H,6-7H2,1-2H3,(H,18,21). The van der Waals surface area contributed by atoms with Crippen molar-refractivity contribution in [3.63, 3.8) is 0 Å². The first kappa shape index (κ1) is 16.0. The molecule has 4 nitrogen and oxygen atoms in total. The molecular formula is C15H15Cl2NO3. The van der Waals surface area contributed by atoms with E-state index in [4.69, 9.17) is 23.2 Å². The Morgan fingerprint density at radius 3 is 2.24 bits per heavy atom. The molecule has 1 amide bonds. The monoisotopic (exact) mass is 327 g/mol. The van der Waals surface area contributed by atoms with E-state index in [-0.39, 0.29) is 34.8 Å². The molecule has 0 aliphatic heterocycles. The molecular weight excluding hydrogens is 313 g/mol. The summed E-state index contributed by atoms with van der Waals surface area (Å²) < 4.78 is 0. The van der Waals surface area contributed by atoms with Crippen molar-refractivity contribution < 1.29 is 14.4 Å². The number of amides is 1. The summed E-state index contributed by atoms with van der Waals surface area (Å²) in [5, 5.41) is 3.20. The number of carbonyl (C=O) groups is 3. The SMILES string of the molecule is CC1(C)CC(=O)C(C(=O)Nc2ccc(Cl)c(Cl)c2)C(=O)C1. The third-order valence-electron chi connectivity index (χ3n) is 3.40. The summed E-state index contributed by atoms with van der Waals surface area (Å²) in [7, 11) is 0. The lowest BCUT2D eigenvalue weighted by Gasteiger charge is -2.31. The highest BCUT2D eigenvalue weighted by Gasteiger charge is 2.43. The molecule has 0 heterocycles. The maximum absolute atomic E-state index is 12.2. The third kappa shape index (κ3) is 3.63. The lowest BCUT2D eigenvalue weighted by atomic mass is 9.71. The van der Waals surface area contributed by atoms with E-state index in [0.717, 1.165) is 0 Å². The minimum absolute atomic E-state index is 0.220. The van der Waals surface area contributed by atoms with Crippen molar-refractivity contribution in [2.75, 3.05) is 5.32 Å². The van der Waals surface area contributed by atoms with E-state index >= 15 is 0 Å². The summed E-state index contributed by atoms with van der Waals surface area (Å²) >= 11 is 11.7. The smallest absolute Gasteiger partial charge is 0.242 e. The van der Waals surface area contributed by atoms with E-state index in [1.54, 1.807) is 6.07 Å². The van der Waals surface area contributed by atoms with Crippen LogP contribution in [-0.2, 0) is 14.4 Å². The van der Waals surface area contributed by atoms with Crippen LogP contribution in [0.15, 0.2) is 18.2 Å². The highest BCUT2D eigenvalue weighted by molar-refractivity contribution is 6.42. The normalized spacial score (nSPS) is 18.7. The molecule has 112 valence electrons. The second-order valence-electron chi connectivity index (χ2n) is 6.00. The number of anilines is 1. The second-order valence-corrected chi connectivity index (χ2v) is 6.82. The zero-order chi connectivity index (χ0) is 15.8. The number of benzene rings is 1. The van der Waals surface area contributed by atoms with Crippen molar-refractivity contribution in [1.82, 2.24) is 0 Å². The van der Waals surface area contributed by atoms with Gasteiger partial charge in [0.05, 0.1) is 10.0 Å². The van der Waals surface area contributed by atoms with Gasteiger partial charge in [0.15, 0.2) is 17.5 Å². The number of hydrogen-bond donors (Lipinski definition) is 1. The molecule has 1 saturated carbocycles. The van der Waals surface area contributed by atoms with Crippen LogP contribution in [0.2, 0.25) is 10.0 Å². The van der Waals surface area contributed by atoms with Crippen LogP contribution >= 0.6 is 23.2 Å². The molecule has 0 saturated heterocycles. The van der Waals surface area contributed by atoms with Gasteiger partial charge in [0.25, 0.3) is 0 Å². The highest BCUT2D eigenvalue weighted by Crippen LogP contribution is 2.34. The molecule has 1 aromatic rings. The lowest BCUT2D eigenvalue weighted by molar-refractivity contribution is -0.144. The van der Waals surface area contributed by atoms with E-state index in [1.807, 2.05) is 13.8 Å². The Morgan fingerprint density at radius 1 is 1.14 bits per heavy atom. The van der Waals surface area contributed by atoms with Gasteiger partial charge in [-0.2, -0.15) is 0 Å². The van der Waals surface area contributed by atoms with Crippen molar-refractivity contribution in [3.8, 4) is 0 Å². The fraction of sp³-hybridized carbons (Fsp3) is 0.400. The molecule has 6 heteroatoms. The van der Waals surface area contributed by atoms with Crippen LogP contribution in [0.25, 0.3) is 0 Å². The maximum atomic E-state index is 12.2. The molecule has 1 fully saturated rings. The topological polar surface area (TPSA) is 63.2 Å². The molecule has 0 bridgehead atoms. The highest BCUT2D eigenvalue weighted by atomic mass is 35.5. The summed E-state index contributed by atoms with van der Waals surface area (Å²) in [6.07, 6.45) is 0.441. The van der Waals surface area contributed by atoms with Crippen molar-refractivity contribution in [1.29, 1.82) is 0 Å². The van der Waals surface area contributed by atoms with E-state index < -0.39 is 11.8 Å². The van der Waals surface area contributed by atoms with Gasteiger partial charge >= 0.3 is 0 Å². The molecule has 1 aliphatic carbocycles. The van der Waals surface area contributed by atoms with Crippen LogP contribution in [0, 0.1) is 11.3 Å². The van der Waals surface area contributed by atoms with Crippen LogP contribution in [0.5, 0.6) is 0 Å². The number of carbonyl (C=O) groups excluding carboxylic acids is 3. The predicted octanol–water partition coefficient (Wildman–Crippen LogP) is 3.51. The number of ketones is 2. The third-order valence-corrected chi connectivity index (χ3v) is 4.14. The number of Topliss-reactive ketones (excluding diaryl/α,β-unsaturated/α-hetero) is 2. The van der Waals surface area contributed by atoms with Crippen molar-refractivity contribution in [2.24, 2.45) is 11.3 Å². The molecule has 1 aromatic carbocycles. The van der Waals surface area contributed by atoms with E-state index in [0.29, 0.717) is 10.7 Å². The number of hydrogen-bond acceptors (Lipinski definition) is 3. The van der Waals surface area contributed by atoms with Crippen LogP contribution in [0.1, 0.15) is 26.7 Å². The van der Waals surface area contributed by atoms with Crippen LogP contribution in [-0.4, -0.2) is 17.5 Å². The van der Waals surface area contributed by atoms with E-state index in [2.05, 4.69) is 5.32 Å². The van der Waals surface area contributed by atoms with Crippen LogP contribution in [0.3, 0.4) is 0 Å². The minimum atomic E-state index is -1.23. The summed E-state index contributed by atoms with van der Waals surface area (Å²) in [5.41, 5.74) is 0.0222. The zero-order valence-electron chi connectivity index (χ0n) is 11.7. The van der Waals surface area contributed by atoms with Gasteiger partial charge in [-0.3, -0.25) is 14.4 Å². The van der Waals surface area contributed by atoms with Gasteiger partial charge in [-0.15, -0.1) is 0 Å². The summed E-state index contributed by atoms with van der Waals surface area (Å²) in [5.74, 6) is -2.52. The summed E-state index contributed by atoms with van der Waals surface area (Å²) in [6, 6.07) is 4.57. The van der Waals surface area contributed by atoms with Crippen LogP contribution < -0.4 is 5.32 Å². The largest absolute Gasteiger partial charge is 0.325 e. The summed E-state index contributed by atoms with van der Waals surface area (Å²) in [6.45, 7) is 3.69. The number of halogens is 2. The Morgan fingerprint density at radius 2 is 1.71 bits per heavy atom. The summed E-state index contributed by atoms with van der Waals surface area (Å²) in [4.78, 5) is 36.3. The van der Waals surface area contributed by atoms with Gasteiger partial charge < -0.3 is 5.32 Å². The molecule has 1 N–H and O–H groups in total. The van der Waals surface area contributed by atoms with Crippen molar-refractivity contribution in [3.05, 3.63) is 28.2 Å². The Bertz CT molecular complexity index is 605. The minimum Gasteiger partial charge on any atom is -0.325 e. The Labute approximate surface area is 132 Å². The average molecular weight is 328 g/mol. The fourth-order valence-electron chi connectivity index (χ4n) is 2.47. The molecule has 21 heavy (non-hydrogen) atoms. The molecule has 0 spiro atoms. The number of nitrogens with one attached hydrogen (secondary N) is 1. The molecule has 0 aromatic heterocycles. The number of rotatable bonds is 2.